The van der Waals surface area contributed by atoms with Crippen LogP contribution in [0.15, 0.2) is 41.1 Å². The topological polar surface area (TPSA) is 67.5 Å². The third kappa shape index (κ3) is 3.24. The van der Waals surface area contributed by atoms with Gasteiger partial charge in [-0.2, -0.15) is 0 Å². The fraction of sp³-hybridized carbons (Fsp3) is 0.308. The molecule has 18 heavy (non-hydrogen) atoms. The van der Waals surface area contributed by atoms with Crippen molar-refractivity contribution in [3.63, 3.8) is 0 Å². The third-order valence-corrected chi connectivity index (χ3v) is 2.40. The molecule has 2 aromatic heterocycles. The Hall–Kier alpha value is -2.01. The quantitative estimate of drug-likeness (QED) is 0.820. The molecule has 1 unspecified atom stereocenters. The number of anilines is 1. The van der Waals surface area contributed by atoms with Crippen LogP contribution < -0.4 is 10.1 Å². The second kappa shape index (κ2) is 6.07. The SMILES string of the molecule is CCOc1ccc(NCC(O)c2ccco2)cn1. The Labute approximate surface area is 105 Å². The number of furan rings is 1. The molecule has 0 fully saturated rings. The van der Waals surface area contributed by atoms with E-state index in [4.69, 9.17) is 9.15 Å². The Kier molecular flexibility index (Phi) is 4.20. The van der Waals surface area contributed by atoms with Gasteiger partial charge in [0.05, 0.1) is 24.8 Å². The highest BCUT2D eigenvalue weighted by molar-refractivity contribution is 5.42. The van der Waals surface area contributed by atoms with Crippen LogP contribution >= 0.6 is 0 Å². The average Bonchev–Trinajstić information content (AvgIpc) is 2.92. The molecule has 0 aliphatic rings. The van der Waals surface area contributed by atoms with E-state index in [-0.39, 0.29) is 0 Å². The molecule has 5 heteroatoms. The van der Waals surface area contributed by atoms with E-state index >= 15 is 0 Å². The number of hydrogen-bond acceptors (Lipinski definition) is 5. The van der Waals surface area contributed by atoms with Crippen LogP contribution in [0.25, 0.3) is 0 Å². The van der Waals surface area contributed by atoms with Crippen molar-refractivity contribution in [2.75, 3.05) is 18.5 Å². The maximum Gasteiger partial charge on any atom is 0.213 e. The Balaban J connectivity index is 1.86. The molecule has 2 aromatic rings. The van der Waals surface area contributed by atoms with E-state index in [0.717, 1.165) is 5.69 Å². The van der Waals surface area contributed by atoms with Gasteiger partial charge in [0.15, 0.2) is 0 Å². The molecule has 5 nitrogen and oxygen atoms in total. The van der Waals surface area contributed by atoms with Gasteiger partial charge in [-0.15, -0.1) is 0 Å². The van der Waals surface area contributed by atoms with E-state index in [0.29, 0.717) is 24.8 Å². The van der Waals surface area contributed by atoms with Crippen molar-refractivity contribution in [3.8, 4) is 5.88 Å². The van der Waals surface area contributed by atoms with Gasteiger partial charge in [-0.25, -0.2) is 4.98 Å². The number of aliphatic hydroxyl groups is 1. The summed E-state index contributed by atoms with van der Waals surface area (Å²) < 4.78 is 10.4. The van der Waals surface area contributed by atoms with Crippen LogP contribution in [-0.4, -0.2) is 23.2 Å². The molecule has 0 aliphatic heterocycles. The number of hydrogen-bond donors (Lipinski definition) is 2. The highest BCUT2D eigenvalue weighted by Crippen LogP contribution is 2.16. The minimum atomic E-state index is -0.674. The lowest BCUT2D eigenvalue weighted by Gasteiger charge is -2.10. The van der Waals surface area contributed by atoms with Crippen molar-refractivity contribution in [2.24, 2.45) is 0 Å². The Bertz CT molecular complexity index is 454. The van der Waals surface area contributed by atoms with Crippen molar-refractivity contribution in [1.82, 2.24) is 4.98 Å². The van der Waals surface area contributed by atoms with Crippen LogP contribution in [0.5, 0.6) is 5.88 Å². The van der Waals surface area contributed by atoms with Crippen LogP contribution in [0.2, 0.25) is 0 Å². The van der Waals surface area contributed by atoms with Crippen molar-refractivity contribution < 1.29 is 14.3 Å². The summed E-state index contributed by atoms with van der Waals surface area (Å²) in [5, 5.41) is 12.9. The predicted molar refractivity (Wildman–Crippen MR) is 67.6 cm³/mol. The Morgan fingerprint density at radius 1 is 1.44 bits per heavy atom. The number of nitrogens with one attached hydrogen (secondary N) is 1. The summed E-state index contributed by atoms with van der Waals surface area (Å²) in [4.78, 5) is 4.12. The number of ether oxygens (including phenoxy) is 1. The van der Waals surface area contributed by atoms with Crippen molar-refractivity contribution in [3.05, 3.63) is 42.5 Å². The van der Waals surface area contributed by atoms with Gasteiger partial charge in [0.2, 0.25) is 5.88 Å². The first-order valence-corrected chi connectivity index (χ1v) is 5.83. The van der Waals surface area contributed by atoms with E-state index in [1.165, 1.54) is 6.26 Å². The minimum absolute atomic E-state index is 0.364. The van der Waals surface area contributed by atoms with E-state index < -0.39 is 6.10 Å². The van der Waals surface area contributed by atoms with Gasteiger partial charge in [0, 0.05) is 12.6 Å². The molecule has 96 valence electrons. The van der Waals surface area contributed by atoms with Gasteiger partial charge in [-0.05, 0) is 25.1 Å². The minimum Gasteiger partial charge on any atom is -0.478 e. The normalized spacial score (nSPS) is 12.1. The fourth-order valence-electron chi connectivity index (χ4n) is 1.51. The van der Waals surface area contributed by atoms with E-state index in [1.54, 1.807) is 24.4 Å². The molecule has 2 rings (SSSR count). The van der Waals surface area contributed by atoms with Gasteiger partial charge in [-0.1, -0.05) is 0 Å². The lowest BCUT2D eigenvalue weighted by Crippen LogP contribution is -2.11. The van der Waals surface area contributed by atoms with E-state index in [1.807, 2.05) is 13.0 Å². The maximum atomic E-state index is 9.81. The maximum absolute atomic E-state index is 9.81. The molecule has 0 spiro atoms. The molecular weight excluding hydrogens is 232 g/mol. The number of aliphatic hydroxyl groups excluding tert-OH is 1. The van der Waals surface area contributed by atoms with E-state index in [9.17, 15) is 5.11 Å². The monoisotopic (exact) mass is 248 g/mol. The van der Waals surface area contributed by atoms with Crippen LogP contribution in [0.3, 0.4) is 0 Å². The molecule has 0 bridgehead atoms. The van der Waals surface area contributed by atoms with Gasteiger partial charge in [0.1, 0.15) is 11.9 Å². The van der Waals surface area contributed by atoms with Gasteiger partial charge < -0.3 is 19.6 Å². The summed E-state index contributed by atoms with van der Waals surface area (Å²) in [6.07, 6.45) is 2.53. The summed E-state index contributed by atoms with van der Waals surface area (Å²) in [7, 11) is 0. The van der Waals surface area contributed by atoms with Gasteiger partial charge in [0.25, 0.3) is 0 Å². The standard InChI is InChI=1S/C13H16N2O3/c1-2-17-13-6-5-10(8-15-13)14-9-11(16)12-4-3-7-18-12/h3-8,11,14,16H,2,9H2,1H3. The largest absolute Gasteiger partial charge is 0.478 e. The Morgan fingerprint density at radius 3 is 2.94 bits per heavy atom. The highest BCUT2D eigenvalue weighted by Gasteiger charge is 2.09. The zero-order valence-corrected chi connectivity index (χ0v) is 10.2. The Morgan fingerprint density at radius 2 is 2.33 bits per heavy atom. The van der Waals surface area contributed by atoms with E-state index in [2.05, 4.69) is 10.3 Å². The first kappa shape index (κ1) is 12.4. The van der Waals surface area contributed by atoms with Gasteiger partial charge >= 0.3 is 0 Å². The zero-order valence-electron chi connectivity index (χ0n) is 10.2. The number of pyridine rings is 1. The lowest BCUT2D eigenvalue weighted by atomic mass is 10.2. The molecule has 0 aliphatic carbocycles. The smallest absolute Gasteiger partial charge is 0.213 e. The molecule has 2 N–H and O–H groups in total. The molecule has 0 saturated heterocycles. The second-order valence-corrected chi connectivity index (χ2v) is 3.73. The summed E-state index contributed by atoms with van der Waals surface area (Å²) >= 11 is 0. The average molecular weight is 248 g/mol. The van der Waals surface area contributed by atoms with Crippen LogP contribution in [0.1, 0.15) is 18.8 Å². The van der Waals surface area contributed by atoms with Crippen molar-refractivity contribution >= 4 is 5.69 Å². The first-order chi connectivity index (χ1) is 8.79. The van der Waals surface area contributed by atoms with Crippen LogP contribution in [-0.2, 0) is 0 Å². The summed E-state index contributed by atoms with van der Waals surface area (Å²) in [6, 6.07) is 7.12. The molecule has 0 saturated carbocycles. The molecule has 1 atom stereocenters. The number of aromatic nitrogens is 1. The van der Waals surface area contributed by atoms with Crippen molar-refractivity contribution in [1.29, 1.82) is 0 Å². The highest BCUT2D eigenvalue weighted by atomic mass is 16.5. The second-order valence-electron chi connectivity index (χ2n) is 3.73. The predicted octanol–water partition coefficient (Wildman–Crippen LogP) is 2.22. The summed E-state index contributed by atoms with van der Waals surface area (Å²) in [6.45, 7) is 2.87. The van der Waals surface area contributed by atoms with Crippen LogP contribution in [0.4, 0.5) is 5.69 Å². The molecule has 2 heterocycles. The fourth-order valence-corrected chi connectivity index (χ4v) is 1.51. The third-order valence-electron chi connectivity index (χ3n) is 2.40. The van der Waals surface area contributed by atoms with Crippen molar-refractivity contribution in [2.45, 2.75) is 13.0 Å². The zero-order chi connectivity index (χ0) is 12.8. The first-order valence-electron chi connectivity index (χ1n) is 5.83. The molecule has 0 amide bonds. The number of rotatable bonds is 6. The summed E-state index contributed by atoms with van der Waals surface area (Å²) in [5.41, 5.74) is 0.823. The van der Waals surface area contributed by atoms with Crippen LogP contribution in [0, 0.1) is 0 Å². The molecule has 0 radical (unpaired) electrons. The molecular formula is C13H16N2O3. The van der Waals surface area contributed by atoms with Gasteiger partial charge in [-0.3, -0.25) is 0 Å². The number of nitrogens with zero attached hydrogens (tertiary/aromatic N) is 1. The lowest BCUT2D eigenvalue weighted by molar-refractivity contribution is 0.162. The summed E-state index contributed by atoms with van der Waals surface area (Å²) in [5.74, 6) is 1.14. The molecule has 0 aromatic carbocycles.